The Hall–Kier alpha value is -4.20. The van der Waals surface area contributed by atoms with E-state index in [4.69, 9.17) is 4.74 Å². The summed E-state index contributed by atoms with van der Waals surface area (Å²) in [4.78, 5) is 7.48. The molecule has 5 aromatic rings. The maximum Gasteiger partial charge on any atom is 0.178 e. The molecular weight excluding hydrogens is 390 g/mol. The van der Waals surface area contributed by atoms with Crippen molar-refractivity contribution in [1.82, 2.24) is 30.2 Å². The minimum atomic E-state index is -0.328. The first-order chi connectivity index (χ1) is 15.3. The minimum Gasteiger partial charge on any atom is -0.496 e. The smallest absolute Gasteiger partial charge is 0.178 e. The van der Waals surface area contributed by atoms with E-state index >= 15 is 0 Å². The van der Waals surface area contributed by atoms with Crippen LogP contribution in [0.1, 0.15) is 23.0 Å². The van der Waals surface area contributed by atoms with Crippen molar-refractivity contribution in [1.29, 1.82) is 0 Å². The number of imidazole rings is 1. The van der Waals surface area contributed by atoms with Crippen LogP contribution in [0.4, 0.5) is 5.69 Å². The van der Waals surface area contributed by atoms with Gasteiger partial charge in [-0.1, -0.05) is 48.5 Å². The van der Waals surface area contributed by atoms with Gasteiger partial charge in [0, 0.05) is 11.3 Å². The maximum absolute atomic E-state index is 5.64. The monoisotopic (exact) mass is 411 g/mol. The van der Waals surface area contributed by atoms with E-state index in [-0.39, 0.29) is 6.04 Å². The molecule has 1 atom stereocenters. The van der Waals surface area contributed by atoms with Crippen molar-refractivity contribution in [3.8, 4) is 5.75 Å². The van der Waals surface area contributed by atoms with E-state index in [9.17, 15) is 0 Å². The molecule has 8 heteroatoms. The average molecular weight is 411 g/mol. The fourth-order valence-corrected chi connectivity index (χ4v) is 3.66. The number of methoxy groups -OCH3 is 1. The van der Waals surface area contributed by atoms with Gasteiger partial charge < -0.3 is 15.0 Å². The number of fused-ring (bicyclic) bond motifs is 1. The molecule has 31 heavy (non-hydrogen) atoms. The summed E-state index contributed by atoms with van der Waals surface area (Å²) in [6.45, 7) is 0.564. The Kier molecular flexibility index (Phi) is 5.02. The van der Waals surface area contributed by atoms with Crippen molar-refractivity contribution in [3.05, 3.63) is 96.1 Å². The molecule has 154 valence electrons. The zero-order valence-corrected chi connectivity index (χ0v) is 16.9. The van der Waals surface area contributed by atoms with Crippen LogP contribution < -0.4 is 10.1 Å². The fourth-order valence-electron chi connectivity index (χ4n) is 3.66. The molecule has 0 saturated carbocycles. The van der Waals surface area contributed by atoms with Crippen molar-refractivity contribution in [2.24, 2.45) is 0 Å². The van der Waals surface area contributed by atoms with E-state index in [1.807, 2.05) is 65.3 Å². The lowest BCUT2D eigenvalue weighted by Crippen LogP contribution is -2.20. The first kappa shape index (κ1) is 18.8. The van der Waals surface area contributed by atoms with E-state index in [2.05, 4.69) is 42.9 Å². The number of nitrogens with one attached hydrogen (secondary N) is 2. The van der Waals surface area contributed by atoms with Crippen LogP contribution in [0.5, 0.6) is 5.75 Å². The zero-order chi connectivity index (χ0) is 21.0. The highest BCUT2D eigenvalue weighted by Gasteiger charge is 2.24. The first-order valence-electron chi connectivity index (χ1n) is 9.94. The van der Waals surface area contributed by atoms with Crippen LogP contribution in [-0.4, -0.2) is 37.3 Å². The van der Waals surface area contributed by atoms with Gasteiger partial charge in [-0.2, -0.15) is 0 Å². The van der Waals surface area contributed by atoms with Crippen LogP contribution in [-0.2, 0) is 6.54 Å². The van der Waals surface area contributed by atoms with Crippen molar-refractivity contribution in [2.45, 2.75) is 12.6 Å². The Labute approximate surface area is 178 Å². The molecule has 2 heterocycles. The lowest BCUT2D eigenvalue weighted by Gasteiger charge is -2.22. The van der Waals surface area contributed by atoms with Gasteiger partial charge in [-0.15, -0.1) is 5.10 Å². The predicted octanol–water partition coefficient (Wildman–Crippen LogP) is 3.81. The van der Waals surface area contributed by atoms with Crippen LogP contribution >= 0.6 is 0 Å². The van der Waals surface area contributed by atoms with Crippen LogP contribution in [0.15, 0.2) is 79.1 Å². The summed E-state index contributed by atoms with van der Waals surface area (Å²) in [6.07, 6.45) is 1.69. The number of nitrogens with zero attached hydrogens (tertiary/aromatic N) is 5. The lowest BCUT2D eigenvalue weighted by molar-refractivity contribution is 0.407. The summed E-state index contributed by atoms with van der Waals surface area (Å²) in [5.41, 5.74) is 4.83. The van der Waals surface area contributed by atoms with E-state index in [0.29, 0.717) is 12.4 Å². The van der Waals surface area contributed by atoms with Gasteiger partial charge >= 0.3 is 0 Å². The Morgan fingerprint density at radius 1 is 1.03 bits per heavy atom. The maximum atomic E-state index is 5.64. The Balaban J connectivity index is 1.57. The van der Waals surface area contributed by atoms with Crippen molar-refractivity contribution in [3.63, 3.8) is 0 Å². The molecule has 0 saturated heterocycles. The van der Waals surface area contributed by atoms with E-state index in [1.54, 1.807) is 13.4 Å². The molecule has 1 unspecified atom stereocenters. The topological polar surface area (TPSA) is 93.5 Å². The van der Waals surface area contributed by atoms with Crippen LogP contribution in [0.3, 0.4) is 0 Å². The molecule has 2 aromatic heterocycles. The molecule has 3 aromatic carbocycles. The quantitative estimate of drug-likeness (QED) is 0.423. The van der Waals surface area contributed by atoms with Crippen molar-refractivity contribution in [2.75, 3.05) is 12.4 Å². The summed E-state index contributed by atoms with van der Waals surface area (Å²) >= 11 is 0. The number of hydrogen-bond acceptors (Lipinski definition) is 6. The van der Waals surface area contributed by atoms with Gasteiger partial charge in [-0.3, -0.25) is 0 Å². The van der Waals surface area contributed by atoms with Gasteiger partial charge in [0.15, 0.2) is 5.82 Å². The van der Waals surface area contributed by atoms with Crippen molar-refractivity contribution < 1.29 is 4.74 Å². The number of rotatable bonds is 7. The number of ether oxygens (including phenoxy) is 1. The van der Waals surface area contributed by atoms with Gasteiger partial charge in [-0.25, -0.2) is 9.67 Å². The molecule has 8 nitrogen and oxygen atoms in total. The molecule has 0 aliphatic rings. The predicted molar refractivity (Wildman–Crippen MR) is 118 cm³/mol. The van der Waals surface area contributed by atoms with Crippen molar-refractivity contribution >= 4 is 16.7 Å². The molecule has 0 spiro atoms. The molecular formula is C23H21N7O. The molecule has 5 rings (SSSR count). The number of aromatic nitrogens is 6. The SMILES string of the molecule is COc1ccccc1C(Nc1ccc2[nH]cnc2c1)c1nnnn1Cc1ccccc1. The molecule has 0 aliphatic heterocycles. The molecule has 0 aliphatic carbocycles. The second-order valence-electron chi connectivity index (χ2n) is 7.13. The number of hydrogen-bond donors (Lipinski definition) is 2. The molecule has 0 amide bonds. The molecule has 0 radical (unpaired) electrons. The van der Waals surface area contributed by atoms with E-state index in [1.165, 1.54) is 0 Å². The summed E-state index contributed by atoms with van der Waals surface area (Å²) in [5.74, 6) is 1.45. The van der Waals surface area contributed by atoms with Gasteiger partial charge in [0.25, 0.3) is 0 Å². The summed E-state index contributed by atoms with van der Waals surface area (Å²) in [6, 6.07) is 23.7. The summed E-state index contributed by atoms with van der Waals surface area (Å²) in [5, 5.41) is 16.2. The van der Waals surface area contributed by atoms with E-state index < -0.39 is 0 Å². The highest BCUT2D eigenvalue weighted by Crippen LogP contribution is 2.32. The zero-order valence-electron chi connectivity index (χ0n) is 16.9. The number of benzene rings is 3. The standard InChI is InChI=1S/C23H21N7O/c1-31-21-10-6-5-9-18(21)22(26-17-11-12-19-20(13-17)25-15-24-19)23-27-28-29-30(23)14-16-7-3-2-4-8-16/h2-13,15,22,26H,14H2,1H3,(H,24,25). The van der Waals surface area contributed by atoms with Crippen LogP contribution in [0, 0.1) is 0 Å². The number of H-pyrrole nitrogens is 1. The molecule has 0 bridgehead atoms. The minimum absolute atomic E-state index is 0.328. The number of para-hydroxylation sites is 1. The lowest BCUT2D eigenvalue weighted by atomic mass is 10.0. The fraction of sp³-hybridized carbons (Fsp3) is 0.130. The third kappa shape index (κ3) is 3.83. The van der Waals surface area contributed by atoms with Gasteiger partial charge in [0.05, 0.1) is 31.0 Å². The Morgan fingerprint density at radius 3 is 2.74 bits per heavy atom. The first-order valence-corrected chi connectivity index (χ1v) is 9.94. The van der Waals surface area contributed by atoms with E-state index in [0.717, 1.165) is 33.6 Å². The summed E-state index contributed by atoms with van der Waals surface area (Å²) in [7, 11) is 1.67. The normalized spacial score (nSPS) is 12.0. The summed E-state index contributed by atoms with van der Waals surface area (Å²) < 4.78 is 7.45. The molecule has 2 N–H and O–H groups in total. The number of anilines is 1. The highest BCUT2D eigenvalue weighted by molar-refractivity contribution is 5.79. The highest BCUT2D eigenvalue weighted by atomic mass is 16.5. The third-order valence-electron chi connectivity index (χ3n) is 5.18. The second kappa shape index (κ2) is 8.27. The van der Waals surface area contributed by atoms with Crippen LogP contribution in [0.25, 0.3) is 11.0 Å². The van der Waals surface area contributed by atoms with Gasteiger partial charge in [0.2, 0.25) is 0 Å². The largest absolute Gasteiger partial charge is 0.496 e. The second-order valence-corrected chi connectivity index (χ2v) is 7.13. The van der Waals surface area contributed by atoms with Gasteiger partial charge in [0.1, 0.15) is 11.8 Å². The average Bonchev–Trinajstić information content (AvgIpc) is 3.47. The Morgan fingerprint density at radius 2 is 1.87 bits per heavy atom. The van der Waals surface area contributed by atoms with Crippen LogP contribution in [0.2, 0.25) is 0 Å². The Bertz CT molecular complexity index is 1300. The number of aromatic amines is 1. The third-order valence-corrected chi connectivity index (χ3v) is 5.18. The molecule has 0 fully saturated rings. The number of tetrazole rings is 1. The van der Waals surface area contributed by atoms with Gasteiger partial charge in [-0.05, 0) is 40.3 Å².